The van der Waals surface area contributed by atoms with Gasteiger partial charge >= 0.3 is 0 Å². The first kappa shape index (κ1) is 13.3. The summed E-state index contributed by atoms with van der Waals surface area (Å²) in [5.41, 5.74) is 6.22. The lowest BCUT2D eigenvalue weighted by Gasteiger charge is -2.27. The molecule has 0 aromatic heterocycles. The van der Waals surface area contributed by atoms with Gasteiger partial charge in [0, 0.05) is 31.2 Å². The Labute approximate surface area is 106 Å². The van der Waals surface area contributed by atoms with Crippen molar-refractivity contribution in [1.29, 1.82) is 0 Å². The monoisotopic (exact) mass is 239 g/mol. The summed E-state index contributed by atoms with van der Waals surface area (Å²) in [6.07, 6.45) is 7.88. The molecule has 2 aliphatic rings. The van der Waals surface area contributed by atoms with Crippen LogP contribution in [0.5, 0.6) is 0 Å². The molecule has 17 heavy (non-hydrogen) atoms. The first-order valence-electron chi connectivity index (χ1n) is 7.40. The van der Waals surface area contributed by atoms with Crippen molar-refractivity contribution in [3.63, 3.8) is 0 Å². The molecular formula is C14H29N3. The predicted molar refractivity (Wildman–Crippen MR) is 73.1 cm³/mol. The standard InChI is InChI=1S/C14H29N3/c1-3-4-5-12(15)10-17-9-8-13-6-7-14(11-17)16(13)2/h12-14H,3-11,15H2,1-2H3. The molecule has 0 aliphatic carbocycles. The molecule has 100 valence electrons. The van der Waals surface area contributed by atoms with E-state index < -0.39 is 0 Å². The number of fused-ring (bicyclic) bond motifs is 2. The largest absolute Gasteiger partial charge is 0.327 e. The van der Waals surface area contributed by atoms with Gasteiger partial charge in [-0.2, -0.15) is 0 Å². The van der Waals surface area contributed by atoms with Crippen LogP contribution < -0.4 is 5.73 Å². The van der Waals surface area contributed by atoms with Crippen LogP contribution in [0.15, 0.2) is 0 Å². The number of nitrogens with two attached hydrogens (primary N) is 1. The fourth-order valence-electron chi connectivity index (χ4n) is 3.43. The van der Waals surface area contributed by atoms with Crippen molar-refractivity contribution in [2.45, 2.75) is 63.6 Å². The third-order valence-electron chi connectivity index (χ3n) is 4.65. The molecule has 2 N–H and O–H groups in total. The van der Waals surface area contributed by atoms with Crippen LogP contribution in [0.1, 0.15) is 45.4 Å². The first-order chi connectivity index (χ1) is 8.20. The van der Waals surface area contributed by atoms with Crippen LogP contribution in [0.25, 0.3) is 0 Å². The molecule has 3 heteroatoms. The molecule has 3 atom stereocenters. The molecule has 2 bridgehead atoms. The van der Waals surface area contributed by atoms with E-state index in [-0.39, 0.29) is 0 Å². The quantitative estimate of drug-likeness (QED) is 0.792. The average Bonchev–Trinajstić information content (AvgIpc) is 2.55. The highest BCUT2D eigenvalue weighted by Crippen LogP contribution is 2.28. The molecule has 0 saturated carbocycles. The van der Waals surface area contributed by atoms with E-state index >= 15 is 0 Å². The summed E-state index contributed by atoms with van der Waals surface area (Å²) in [6, 6.07) is 2.02. The van der Waals surface area contributed by atoms with Gasteiger partial charge in [-0.1, -0.05) is 19.8 Å². The highest BCUT2D eigenvalue weighted by Gasteiger charge is 2.34. The molecular weight excluding hydrogens is 210 g/mol. The van der Waals surface area contributed by atoms with Crippen LogP contribution in [0.3, 0.4) is 0 Å². The second kappa shape index (κ2) is 6.17. The van der Waals surface area contributed by atoms with Crippen molar-refractivity contribution in [2.24, 2.45) is 5.73 Å². The summed E-state index contributed by atoms with van der Waals surface area (Å²) in [7, 11) is 2.31. The molecule has 2 aliphatic heterocycles. The maximum atomic E-state index is 6.22. The molecule has 0 aromatic carbocycles. The van der Waals surface area contributed by atoms with E-state index in [4.69, 9.17) is 5.73 Å². The Morgan fingerprint density at radius 2 is 2.00 bits per heavy atom. The summed E-state index contributed by atoms with van der Waals surface area (Å²) in [5.74, 6) is 0. The van der Waals surface area contributed by atoms with Gasteiger partial charge in [0.1, 0.15) is 0 Å². The van der Waals surface area contributed by atoms with Crippen molar-refractivity contribution >= 4 is 0 Å². The van der Waals surface area contributed by atoms with E-state index in [2.05, 4.69) is 23.8 Å². The Balaban J connectivity index is 1.78. The number of nitrogens with zero attached hydrogens (tertiary/aromatic N) is 2. The molecule has 2 saturated heterocycles. The molecule has 0 aromatic rings. The Kier molecular flexibility index (Phi) is 4.83. The van der Waals surface area contributed by atoms with E-state index in [1.165, 1.54) is 51.6 Å². The minimum Gasteiger partial charge on any atom is -0.327 e. The highest BCUT2D eigenvalue weighted by atomic mass is 15.3. The summed E-state index contributed by atoms with van der Waals surface area (Å²) >= 11 is 0. The fraction of sp³-hybridized carbons (Fsp3) is 1.00. The summed E-state index contributed by atoms with van der Waals surface area (Å²) in [5, 5.41) is 0. The van der Waals surface area contributed by atoms with Crippen molar-refractivity contribution < 1.29 is 0 Å². The van der Waals surface area contributed by atoms with Gasteiger partial charge in [-0.25, -0.2) is 0 Å². The van der Waals surface area contributed by atoms with Crippen LogP contribution in [0.2, 0.25) is 0 Å². The van der Waals surface area contributed by atoms with Crippen molar-refractivity contribution in [3.05, 3.63) is 0 Å². The third kappa shape index (κ3) is 3.43. The van der Waals surface area contributed by atoms with E-state index in [9.17, 15) is 0 Å². The molecule has 0 spiro atoms. The van der Waals surface area contributed by atoms with Gasteiger partial charge in [0.25, 0.3) is 0 Å². The molecule has 2 rings (SSSR count). The van der Waals surface area contributed by atoms with Crippen LogP contribution in [-0.4, -0.2) is 54.6 Å². The van der Waals surface area contributed by atoms with Gasteiger partial charge in [0.05, 0.1) is 0 Å². The fourth-order valence-corrected chi connectivity index (χ4v) is 3.43. The van der Waals surface area contributed by atoms with E-state index in [1.807, 2.05) is 0 Å². The molecule has 3 nitrogen and oxygen atoms in total. The van der Waals surface area contributed by atoms with E-state index in [0.717, 1.165) is 18.6 Å². The molecule has 2 fully saturated rings. The minimum absolute atomic E-state index is 0.386. The average molecular weight is 239 g/mol. The lowest BCUT2D eigenvalue weighted by atomic mass is 10.1. The van der Waals surface area contributed by atoms with Crippen LogP contribution in [0.4, 0.5) is 0 Å². The zero-order chi connectivity index (χ0) is 12.3. The Morgan fingerprint density at radius 1 is 1.24 bits per heavy atom. The lowest BCUT2D eigenvalue weighted by Crippen LogP contribution is -2.42. The van der Waals surface area contributed by atoms with Crippen molar-refractivity contribution in [1.82, 2.24) is 9.80 Å². The Morgan fingerprint density at radius 3 is 2.76 bits per heavy atom. The maximum absolute atomic E-state index is 6.22. The minimum atomic E-state index is 0.386. The highest BCUT2D eigenvalue weighted by molar-refractivity contribution is 4.91. The molecule has 0 amide bonds. The van der Waals surface area contributed by atoms with Crippen LogP contribution in [0, 0.1) is 0 Å². The van der Waals surface area contributed by atoms with Gasteiger partial charge in [-0.15, -0.1) is 0 Å². The zero-order valence-corrected chi connectivity index (χ0v) is 11.6. The van der Waals surface area contributed by atoms with Gasteiger partial charge in [0.15, 0.2) is 0 Å². The smallest absolute Gasteiger partial charge is 0.0223 e. The second-order valence-corrected chi connectivity index (χ2v) is 6.00. The number of hydrogen-bond acceptors (Lipinski definition) is 3. The summed E-state index contributed by atoms with van der Waals surface area (Å²) in [4.78, 5) is 5.22. The third-order valence-corrected chi connectivity index (χ3v) is 4.65. The van der Waals surface area contributed by atoms with Crippen LogP contribution in [-0.2, 0) is 0 Å². The second-order valence-electron chi connectivity index (χ2n) is 6.00. The van der Waals surface area contributed by atoms with Gasteiger partial charge in [0.2, 0.25) is 0 Å². The van der Waals surface area contributed by atoms with Crippen molar-refractivity contribution in [2.75, 3.05) is 26.7 Å². The topological polar surface area (TPSA) is 32.5 Å². The molecule has 2 heterocycles. The number of unbranched alkanes of at least 4 members (excludes halogenated alkanes) is 1. The predicted octanol–water partition coefficient (Wildman–Crippen LogP) is 1.67. The SMILES string of the molecule is CCCCC(N)CN1CCC2CCC(C1)N2C. The van der Waals surface area contributed by atoms with E-state index in [1.54, 1.807) is 0 Å². The van der Waals surface area contributed by atoms with Crippen molar-refractivity contribution in [3.8, 4) is 0 Å². The molecule has 0 radical (unpaired) electrons. The van der Waals surface area contributed by atoms with Gasteiger partial charge in [-0.3, -0.25) is 4.90 Å². The normalized spacial score (nSPS) is 32.6. The lowest BCUT2D eigenvalue weighted by molar-refractivity contribution is 0.209. The number of rotatable bonds is 5. The maximum Gasteiger partial charge on any atom is 0.0223 e. The summed E-state index contributed by atoms with van der Waals surface area (Å²) < 4.78 is 0. The number of hydrogen-bond donors (Lipinski definition) is 1. The Bertz CT molecular complexity index is 232. The first-order valence-corrected chi connectivity index (χ1v) is 7.40. The van der Waals surface area contributed by atoms with Gasteiger partial charge in [-0.05, 0) is 39.3 Å². The number of likely N-dealkylation sites (N-methyl/N-ethyl adjacent to an activating group) is 1. The Hall–Kier alpha value is -0.120. The van der Waals surface area contributed by atoms with Gasteiger partial charge < -0.3 is 10.6 Å². The van der Waals surface area contributed by atoms with Crippen LogP contribution >= 0.6 is 0 Å². The number of likely N-dealkylation sites (tertiary alicyclic amines) is 1. The zero-order valence-electron chi connectivity index (χ0n) is 11.6. The summed E-state index contributed by atoms with van der Waals surface area (Å²) in [6.45, 7) is 5.85. The molecule has 3 unspecified atom stereocenters. The van der Waals surface area contributed by atoms with E-state index in [0.29, 0.717) is 6.04 Å².